The third-order valence-corrected chi connectivity index (χ3v) is 6.94. The second kappa shape index (κ2) is 11.0. The van der Waals surface area contributed by atoms with Crippen LogP contribution in [0.3, 0.4) is 0 Å². The monoisotopic (exact) mass is 527 g/mol. The van der Waals surface area contributed by atoms with Crippen LogP contribution in [0.1, 0.15) is 25.3 Å². The molecule has 0 spiro atoms. The fourth-order valence-electron chi connectivity index (χ4n) is 4.25. The Morgan fingerprint density at radius 3 is 2.16 bits per heavy atom. The smallest absolute Gasteiger partial charge is 0.350 e. The van der Waals surface area contributed by atoms with Crippen LogP contribution in [0.15, 0.2) is 83.5 Å². The number of carbonyl (C=O) groups is 1. The highest BCUT2D eigenvalue weighted by Crippen LogP contribution is 2.33. The van der Waals surface area contributed by atoms with Crippen LogP contribution in [-0.4, -0.2) is 42.1 Å². The molecule has 1 aromatic carbocycles. The minimum Gasteiger partial charge on any atom is -0.350 e. The van der Waals surface area contributed by atoms with Crippen LogP contribution >= 0.6 is 11.6 Å². The molecule has 0 radical (unpaired) electrons. The minimum absolute atomic E-state index is 0.0534. The van der Waals surface area contributed by atoms with E-state index in [9.17, 15) is 18.0 Å². The lowest BCUT2D eigenvalue weighted by Crippen LogP contribution is -2.38. The molecule has 4 rings (SSSR count). The third kappa shape index (κ3) is 6.00. The van der Waals surface area contributed by atoms with Gasteiger partial charge in [-0.3, -0.25) is 4.79 Å². The molecule has 0 unspecified atom stereocenters. The van der Waals surface area contributed by atoms with Crippen molar-refractivity contribution in [1.82, 2.24) is 14.8 Å². The van der Waals surface area contributed by atoms with Crippen LogP contribution < -0.4 is 16.0 Å². The van der Waals surface area contributed by atoms with Crippen LogP contribution in [0.5, 0.6) is 0 Å². The first kappa shape index (κ1) is 26.8. The van der Waals surface area contributed by atoms with Crippen molar-refractivity contribution in [3.8, 4) is 5.69 Å². The molecule has 0 saturated heterocycles. The summed E-state index contributed by atoms with van der Waals surface area (Å²) in [5.74, 6) is -0.172. The van der Waals surface area contributed by atoms with Gasteiger partial charge in [-0.25, -0.2) is 0 Å². The van der Waals surface area contributed by atoms with Crippen molar-refractivity contribution < 1.29 is 18.0 Å². The zero-order valence-corrected chi connectivity index (χ0v) is 21.7. The molecule has 1 atom stereocenters. The maximum absolute atomic E-state index is 14.0. The Balaban J connectivity index is 1.80. The number of nitrogens with zero attached hydrogens (tertiary/aromatic N) is 2. The number of likely N-dealkylation sites (N-methyl/N-ethyl adjacent to an activating group) is 1. The van der Waals surface area contributed by atoms with E-state index in [2.05, 4.69) is 5.32 Å². The van der Waals surface area contributed by atoms with Gasteiger partial charge in [-0.05, 0) is 81.4 Å². The first-order chi connectivity index (χ1) is 17.6. The second-order valence-electron chi connectivity index (χ2n) is 9.35. The summed E-state index contributed by atoms with van der Waals surface area (Å²) < 4.78 is 43.7. The van der Waals surface area contributed by atoms with Gasteiger partial charge in [0.05, 0.1) is 11.3 Å². The largest absolute Gasteiger partial charge is 0.418 e. The summed E-state index contributed by atoms with van der Waals surface area (Å²) in [7, 11) is 3.90. The molecule has 194 valence electrons. The van der Waals surface area contributed by atoms with E-state index in [0.717, 1.165) is 17.2 Å². The number of hydrogen-bond acceptors (Lipinski definition) is 2. The number of alkyl halides is 3. The van der Waals surface area contributed by atoms with Gasteiger partial charge in [-0.2, -0.15) is 13.2 Å². The third-order valence-electron chi connectivity index (χ3n) is 6.66. The van der Waals surface area contributed by atoms with Crippen molar-refractivity contribution in [3.63, 3.8) is 0 Å². The minimum atomic E-state index is -4.52. The van der Waals surface area contributed by atoms with E-state index < -0.39 is 11.7 Å². The molecule has 2 aliphatic carbocycles. The summed E-state index contributed by atoms with van der Waals surface area (Å²) in [6, 6.07) is 9.44. The van der Waals surface area contributed by atoms with Crippen molar-refractivity contribution in [1.29, 1.82) is 0 Å². The number of hydrogen-bond donors (Lipinski definition) is 1. The number of nitrogens with one attached hydrogen (secondary N) is 1. The van der Waals surface area contributed by atoms with E-state index in [0.29, 0.717) is 40.7 Å². The molecule has 0 saturated carbocycles. The van der Waals surface area contributed by atoms with Crippen molar-refractivity contribution >= 4 is 28.7 Å². The van der Waals surface area contributed by atoms with E-state index in [1.54, 1.807) is 22.8 Å². The van der Waals surface area contributed by atoms with E-state index in [-0.39, 0.29) is 17.6 Å². The second-order valence-corrected chi connectivity index (χ2v) is 9.79. The molecule has 0 fully saturated rings. The summed E-state index contributed by atoms with van der Waals surface area (Å²) in [6.45, 7) is 2.53. The summed E-state index contributed by atoms with van der Waals surface area (Å²) in [5, 5.41) is 4.83. The van der Waals surface area contributed by atoms with Gasteiger partial charge in [0.2, 0.25) is 0 Å². The zero-order valence-electron chi connectivity index (χ0n) is 20.9. The standard InChI is InChI=1S/C29H29ClF3N3O/c1-19(35(2)3)18-34-28(37)22-10-8-20(9-11-22)25-16-17-26(21-12-14-23(30)15-13-21)36(25)27-7-5-4-6-24(27)29(31,32)33/h4-8,10-12,14-17,19H,9,13,18H2,1-3H3,(H,34,37)/t19-/m0/s1. The number of halogens is 4. The predicted octanol–water partition coefficient (Wildman–Crippen LogP) is 4.83. The Bertz CT molecular complexity index is 1440. The number of rotatable bonds is 5. The van der Waals surface area contributed by atoms with Gasteiger partial charge in [0.15, 0.2) is 0 Å². The zero-order chi connectivity index (χ0) is 26.7. The summed E-state index contributed by atoms with van der Waals surface area (Å²) in [4.78, 5) is 14.7. The molecule has 2 aliphatic rings. The van der Waals surface area contributed by atoms with Gasteiger partial charge in [-0.15, -0.1) is 0 Å². The lowest BCUT2D eigenvalue weighted by molar-refractivity contribution is -0.137. The van der Waals surface area contributed by atoms with Gasteiger partial charge < -0.3 is 14.8 Å². The maximum Gasteiger partial charge on any atom is 0.418 e. The van der Waals surface area contributed by atoms with E-state index in [1.807, 2.05) is 62.4 Å². The van der Waals surface area contributed by atoms with Gasteiger partial charge in [0.1, 0.15) is 0 Å². The molecular formula is C29H29ClF3N3O. The van der Waals surface area contributed by atoms with Crippen molar-refractivity contribution in [2.75, 3.05) is 20.6 Å². The first-order valence-electron chi connectivity index (χ1n) is 12.0. The average Bonchev–Trinajstić information content (AvgIpc) is 3.32. The van der Waals surface area contributed by atoms with Gasteiger partial charge in [0, 0.05) is 33.9 Å². The topological polar surface area (TPSA) is 37.3 Å². The van der Waals surface area contributed by atoms with Crippen LogP contribution in [0.4, 0.5) is 13.2 Å². The Kier molecular flexibility index (Phi) is 7.95. The van der Waals surface area contributed by atoms with Crippen LogP contribution in [-0.2, 0) is 11.0 Å². The highest BCUT2D eigenvalue weighted by molar-refractivity contribution is 6.31. The first-order valence-corrected chi connectivity index (χ1v) is 12.4. The SMILES string of the molecule is C[C@@H](CNC(=O)C1=CCC(=c2ccc(=C3C=CC(Cl)=CC3)n2-c2ccccc2C(F)(F)F)C=C1)N(C)C. The van der Waals surface area contributed by atoms with Crippen LogP contribution in [0.2, 0.25) is 0 Å². The molecule has 1 N–H and O–H groups in total. The Hall–Kier alpha value is -3.29. The Morgan fingerprint density at radius 2 is 1.62 bits per heavy atom. The molecule has 1 heterocycles. The number of carbonyl (C=O) groups excluding carboxylic acids is 1. The number of para-hydroxylation sites is 1. The van der Waals surface area contributed by atoms with E-state index in [4.69, 9.17) is 11.6 Å². The van der Waals surface area contributed by atoms with Gasteiger partial charge in [-0.1, -0.05) is 48.0 Å². The lowest BCUT2D eigenvalue weighted by atomic mass is 10.0. The molecule has 1 aromatic heterocycles. The number of benzene rings is 1. The predicted molar refractivity (Wildman–Crippen MR) is 143 cm³/mol. The summed E-state index contributed by atoms with van der Waals surface area (Å²) in [5.41, 5.74) is 1.55. The van der Waals surface area contributed by atoms with Gasteiger partial charge in [0.25, 0.3) is 5.91 Å². The average molecular weight is 528 g/mol. The fraction of sp³-hybridized carbons (Fsp3) is 0.276. The van der Waals surface area contributed by atoms with Gasteiger partial charge >= 0.3 is 6.18 Å². The normalized spacial score (nSPS) is 19.6. The van der Waals surface area contributed by atoms with E-state index in [1.165, 1.54) is 12.1 Å². The fourth-order valence-corrected chi connectivity index (χ4v) is 4.39. The Labute approximate surface area is 219 Å². The highest BCUT2D eigenvalue weighted by atomic mass is 35.5. The molecule has 0 aliphatic heterocycles. The summed E-state index contributed by atoms with van der Waals surface area (Å²) in [6.07, 6.45) is 7.16. The molecule has 0 bridgehead atoms. The highest BCUT2D eigenvalue weighted by Gasteiger charge is 2.34. The van der Waals surface area contributed by atoms with Crippen molar-refractivity contribution in [2.45, 2.75) is 32.0 Å². The van der Waals surface area contributed by atoms with E-state index >= 15 is 0 Å². The number of allylic oxidation sites excluding steroid dienone is 6. The maximum atomic E-state index is 14.0. The molecule has 1 amide bonds. The van der Waals surface area contributed by atoms with Crippen LogP contribution in [0, 0.1) is 0 Å². The molecule has 37 heavy (non-hydrogen) atoms. The molecule has 4 nitrogen and oxygen atoms in total. The number of amides is 1. The molecule has 8 heteroatoms. The molecular weight excluding hydrogens is 499 g/mol. The molecule has 2 aromatic rings. The quantitative estimate of drug-likeness (QED) is 0.604. The van der Waals surface area contributed by atoms with Crippen molar-refractivity contribution in [2.24, 2.45) is 0 Å². The lowest BCUT2D eigenvalue weighted by Gasteiger charge is -2.20. The summed E-state index contributed by atoms with van der Waals surface area (Å²) >= 11 is 6.08. The van der Waals surface area contributed by atoms with Crippen LogP contribution in [0.25, 0.3) is 16.8 Å². The number of aromatic nitrogens is 1. The van der Waals surface area contributed by atoms with Crippen molar-refractivity contribution in [3.05, 3.63) is 99.7 Å². The Morgan fingerprint density at radius 1 is 1.00 bits per heavy atom.